The smallest absolute Gasteiger partial charge is 0.0941 e. The van der Waals surface area contributed by atoms with Gasteiger partial charge in [-0.1, -0.05) is 0 Å². The molecule has 0 unspecified atom stereocenters. The quantitative estimate of drug-likeness (QED) is 0.248. The van der Waals surface area contributed by atoms with Crippen molar-refractivity contribution >= 4 is 0 Å². The van der Waals surface area contributed by atoms with Crippen LogP contribution in [0.1, 0.15) is 0 Å². The highest BCUT2D eigenvalue weighted by molar-refractivity contribution is 4.29. The summed E-state index contributed by atoms with van der Waals surface area (Å²) in [5.74, 6) is 0. The van der Waals surface area contributed by atoms with Crippen molar-refractivity contribution < 1.29 is 10.2 Å². The molecular formula is C3H10N2O2. The van der Waals surface area contributed by atoms with Gasteiger partial charge in [0.25, 0.3) is 0 Å². The van der Waals surface area contributed by atoms with Gasteiger partial charge in [-0.25, -0.2) is 0 Å². The van der Waals surface area contributed by atoms with Gasteiger partial charge in [0, 0.05) is 6.67 Å². The van der Waals surface area contributed by atoms with Crippen molar-refractivity contribution in [3.05, 3.63) is 0 Å². The maximum atomic E-state index is 8.06. The molecule has 0 aromatic rings. The largest absolute Gasteiger partial charge is 0.381 e. The summed E-state index contributed by atoms with van der Waals surface area (Å²) in [4.78, 5) is 0. The third kappa shape index (κ3) is 5.84. The standard InChI is InChI=1S/C3H10N2O2/c6-2-4-1-5-3-7/h4-7H,1-3H2. The summed E-state index contributed by atoms with van der Waals surface area (Å²) in [5, 5.41) is 21.2. The zero-order valence-corrected chi connectivity index (χ0v) is 4.02. The fourth-order valence-corrected chi connectivity index (χ4v) is 0.200. The first-order valence-electron chi connectivity index (χ1n) is 2.05. The molecule has 0 amide bonds. The lowest BCUT2D eigenvalue weighted by Crippen LogP contribution is -2.29. The normalized spacial score (nSPS) is 9.43. The number of hydrogen-bond acceptors (Lipinski definition) is 4. The van der Waals surface area contributed by atoms with Crippen molar-refractivity contribution in [3.63, 3.8) is 0 Å². The molecule has 0 heterocycles. The van der Waals surface area contributed by atoms with Gasteiger partial charge in [0.1, 0.15) is 0 Å². The number of rotatable bonds is 4. The minimum absolute atomic E-state index is 0.0625. The highest BCUT2D eigenvalue weighted by atomic mass is 16.3. The van der Waals surface area contributed by atoms with Crippen molar-refractivity contribution in [2.75, 3.05) is 20.1 Å². The molecule has 44 valence electrons. The zero-order valence-electron chi connectivity index (χ0n) is 4.02. The van der Waals surface area contributed by atoms with Crippen LogP contribution in [0.25, 0.3) is 0 Å². The van der Waals surface area contributed by atoms with E-state index in [1.807, 2.05) is 0 Å². The van der Waals surface area contributed by atoms with E-state index in [1.54, 1.807) is 0 Å². The van der Waals surface area contributed by atoms with E-state index in [0.29, 0.717) is 6.67 Å². The van der Waals surface area contributed by atoms with E-state index in [-0.39, 0.29) is 13.5 Å². The second kappa shape index (κ2) is 5.84. The average Bonchev–Trinajstić information content (AvgIpc) is 1.69. The number of hydrogen-bond donors (Lipinski definition) is 4. The molecule has 0 aliphatic carbocycles. The topological polar surface area (TPSA) is 64.5 Å². The van der Waals surface area contributed by atoms with Crippen molar-refractivity contribution in [2.24, 2.45) is 0 Å². The average molecular weight is 106 g/mol. The van der Waals surface area contributed by atoms with E-state index in [2.05, 4.69) is 10.6 Å². The van der Waals surface area contributed by atoms with Gasteiger partial charge in [0.05, 0.1) is 13.5 Å². The molecule has 4 heteroatoms. The van der Waals surface area contributed by atoms with Crippen LogP contribution in [-0.2, 0) is 0 Å². The monoisotopic (exact) mass is 106 g/mol. The molecule has 0 radical (unpaired) electrons. The molecule has 4 N–H and O–H groups in total. The van der Waals surface area contributed by atoms with Crippen molar-refractivity contribution in [1.82, 2.24) is 10.6 Å². The second-order valence-electron chi connectivity index (χ2n) is 0.993. The molecule has 7 heavy (non-hydrogen) atoms. The van der Waals surface area contributed by atoms with Gasteiger partial charge in [0.2, 0.25) is 0 Å². The Morgan fingerprint density at radius 1 is 1.00 bits per heavy atom. The molecular weight excluding hydrogens is 96.0 g/mol. The molecule has 0 fully saturated rings. The molecule has 0 aromatic heterocycles. The van der Waals surface area contributed by atoms with Gasteiger partial charge in [-0.05, 0) is 0 Å². The van der Waals surface area contributed by atoms with Crippen LogP contribution in [0.4, 0.5) is 0 Å². The summed E-state index contributed by atoms with van der Waals surface area (Å²) in [6, 6.07) is 0. The lowest BCUT2D eigenvalue weighted by atomic mass is 11.0. The molecule has 0 spiro atoms. The highest BCUT2D eigenvalue weighted by Gasteiger charge is 1.75. The fourth-order valence-electron chi connectivity index (χ4n) is 0.200. The molecule has 0 aliphatic rings. The Morgan fingerprint density at radius 3 is 1.71 bits per heavy atom. The third-order valence-corrected chi connectivity index (χ3v) is 0.474. The van der Waals surface area contributed by atoms with E-state index < -0.39 is 0 Å². The Bertz CT molecular complexity index is 30.1. The maximum Gasteiger partial charge on any atom is 0.0941 e. The van der Waals surface area contributed by atoms with E-state index in [1.165, 1.54) is 0 Å². The molecule has 0 aliphatic heterocycles. The lowest BCUT2D eigenvalue weighted by Gasteiger charge is -1.97. The number of aliphatic hydroxyl groups excluding tert-OH is 2. The van der Waals surface area contributed by atoms with Gasteiger partial charge < -0.3 is 10.2 Å². The van der Waals surface area contributed by atoms with Gasteiger partial charge in [-0.3, -0.25) is 10.6 Å². The predicted molar refractivity (Wildman–Crippen MR) is 25.3 cm³/mol. The van der Waals surface area contributed by atoms with E-state index in [0.717, 1.165) is 0 Å². The summed E-state index contributed by atoms with van der Waals surface area (Å²) in [7, 11) is 0. The number of aliphatic hydroxyl groups is 2. The van der Waals surface area contributed by atoms with Gasteiger partial charge in [0.15, 0.2) is 0 Å². The molecule has 0 rings (SSSR count). The first kappa shape index (κ1) is 6.84. The summed E-state index contributed by atoms with van der Waals surface area (Å²) < 4.78 is 0. The number of nitrogens with one attached hydrogen (secondary N) is 2. The van der Waals surface area contributed by atoms with Gasteiger partial charge in [-0.15, -0.1) is 0 Å². The summed E-state index contributed by atoms with van der Waals surface area (Å²) in [5.41, 5.74) is 0. The SMILES string of the molecule is OCNCNCO. The maximum absolute atomic E-state index is 8.06. The van der Waals surface area contributed by atoms with E-state index in [4.69, 9.17) is 10.2 Å². The van der Waals surface area contributed by atoms with Crippen LogP contribution >= 0.6 is 0 Å². The van der Waals surface area contributed by atoms with Crippen LogP contribution in [0.2, 0.25) is 0 Å². The molecule has 0 saturated heterocycles. The first-order valence-corrected chi connectivity index (χ1v) is 2.05. The fraction of sp³-hybridized carbons (Fsp3) is 1.00. The third-order valence-electron chi connectivity index (χ3n) is 0.474. The van der Waals surface area contributed by atoms with Crippen LogP contribution in [0.15, 0.2) is 0 Å². The second-order valence-corrected chi connectivity index (χ2v) is 0.993. The zero-order chi connectivity index (χ0) is 5.54. The summed E-state index contributed by atoms with van der Waals surface area (Å²) in [6.07, 6.45) is 0. The Labute approximate surface area is 42.2 Å². The molecule has 0 atom stereocenters. The Morgan fingerprint density at radius 2 is 1.43 bits per heavy atom. The summed E-state index contributed by atoms with van der Waals surface area (Å²) >= 11 is 0. The van der Waals surface area contributed by atoms with E-state index in [9.17, 15) is 0 Å². The molecule has 0 saturated carbocycles. The van der Waals surface area contributed by atoms with Crippen LogP contribution in [0, 0.1) is 0 Å². The van der Waals surface area contributed by atoms with E-state index >= 15 is 0 Å². The highest BCUT2D eigenvalue weighted by Crippen LogP contribution is 1.45. The van der Waals surface area contributed by atoms with Crippen molar-refractivity contribution in [2.45, 2.75) is 0 Å². The predicted octanol–water partition coefficient (Wildman–Crippen LogP) is -1.98. The minimum atomic E-state index is -0.0625. The molecule has 0 aromatic carbocycles. The molecule has 0 bridgehead atoms. The Kier molecular flexibility index (Phi) is 5.71. The first-order chi connectivity index (χ1) is 3.41. The van der Waals surface area contributed by atoms with Gasteiger partial charge in [-0.2, -0.15) is 0 Å². The van der Waals surface area contributed by atoms with Crippen molar-refractivity contribution in [3.8, 4) is 0 Å². The van der Waals surface area contributed by atoms with Crippen molar-refractivity contribution in [1.29, 1.82) is 0 Å². The van der Waals surface area contributed by atoms with Gasteiger partial charge >= 0.3 is 0 Å². The van der Waals surface area contributed by atoms with Crippen LogP contribution in [0.3, 0.4) is 0 Å². The minimum Gasteiger partial charge on any atom is -0.381 e. The Balaban J connectivity index is 2.45. The lowest BCUT2D eigenvalue weighted by molar-refractivity contribution is 0.225. The summed E-state index contributed by atoms with van der Waals surface area (Å²) in [6.45, 7) is 0.312. The molecule has 4 nitrogen and oxygen atoms in total. The Hall–Kier alpha value is -0.160. The van der Waals surface area contributed by atoms with Crippen LogP contribution in [-0.4, -0.2) is 30.3 Å². The van der Waals surface area contributed by atoms with Crippen LogP contribution < -0.4 is 10.6 Å². The van der Waals surface area contributed by atoms with Crippen LogP contribution in [0.5, 0.6) is 0 Å².